The molecular weight excluding hydrogens is 334 g/mol. The van der Waals surface area contributed by atoms with E-state index in [1.165, 1.54) is 14.2 Å². The van der Waals surface area contributed by atoms with Gasteiger partial charge in [0.15, 0.2) is 11.5 Å². The summed E-state index contributed by atoms with van der Waals surface area (Å²) in [6.07, 6.45) is 3.25. The normalized spacial score (nSPS) is 10.4. The highest BCUT2D eigenvalue weighted by Gasteiger charge is 2.18. The van der Waals surface area contributed by atoms with Crippen LogP contribution in [0.15, 0.2) is 53.6 Å². The predicted octanol–water partition coefficient (Wildman–Crippen LogP) is 2.22. The monoisotopic (exact) mass is 351 g/mol. The van der Waals surface area contributed by atoms with Crippen LogP contribution in [0.2, 0.25) is 0 Å². The van der Waals surface area contributed by atoms with Gasteiger partial charge in [-0.1, -0.05) is 6.07 Å². The Morgan fingerprint density at radius 2 is 1.85 bits per heavy atom. The van der Waals surface area contributed by atoms with E-state index in [0.717, 1.165) is 0 Å². The van der Waals surface area contributed by atoms with Gasteiger partial charge in [-0.25, -0.2) is 0 Å². The zero-order valence-corrected chi connectivity index (χ0v) is 14.3. The number of hydrogen-bond acceptors (Lipinski definition) is 5. The van der Waals surface area contributed by atoms with Crippen molar-refractivity contribution in [3.63, 3.8) is 0 Å². The molecule has 1 amide bonds. The van der Waals surface area contributed by atoms with Gasteiger partial charge in [0.25, 0.3) is 11.5 Å². The fourth-order valence-corrected chi connectivity index (χ4v) is 2.71. The Morgan fingerprint density at radius 1 is 1.08 bits per heavy atom. The minimum Gasteiger partial charge on any atom is -0.493 e. The van der Waals surface area contributed by atoms with E-state index in [-0.39, 0.29) is 5.56 Å². The molecule has 0 atom stereocenters. The zero-order chi connectivity index (χ0) is 18.7. The molecule has 0 fully saturated rings. The number of amides is 1. The van der Waals surface area contributed by atoms with Crippen LogP contribution in [-0.2, 0) is 0 Å². The summed E-state index contributed by atoms with van der Waals surface area (Å²) < 4.78 is 10.5. The molecule has 7 nitrogen and oxygen atoms in total. The Labute approximate surface area is 149 Å². The van der Waals surface area contributed by atoms with Crippen LogP contribution in [0.5, 0.6) is 11.5 Å². The van der Waals surface area contributed by atoms with Crippen molar-refractivity contribution in [2.45, 2.75) is 0 Å². The van der Waals surface area contributed by atoms with E-state index < -0.39 is 11.5 Å². The first-order valence-corrected chi connectivity index (χ1v) is 7.75. The molecule has 0 saturated heterocycles. The summed E-state index contributed by atoms with van der Waals surface area (Å²) >= 11 is 0. The first-order valence-electron chi connectivity index (χ1n) is 7.75. The molecule has 2 heterocycles. The molecule has 0 unspecified atom stereocenters. The number of aromatic amines is 1. The van der Waals surface area contributed by atoms with Gasteiger partial charge in [-0.15, -0.1) is 0 Å². The Balaban J connectivity index is 2.27. The highest BCUT2D eigenvalue weighted by molar-refractivity contribution is 6.00. The third-order valence-corrected chi connectivity index (χ3v) is 3.95. The van der Waals surface area contributed by atoms with Crippen molar-refractivity contribution in [3.8, 4) is 33.9 Å². The molecule has 3 rings (SSSR count). The van der Waals surface area contributed by atoms with Crippen LogP contribution < -0.4 is 20.8 Å². The highest BCUT2D eigenvalue weighted by Crippen LogP contribution is 2.34. The van der Waals surface area contributed by atoms with Crippen molar-refractivity contribution in [1.82, 2.24) is 9.97 Å². The molecule has 0 bridgehead atoms. The number of pyridine rings is 2. The van der Waals surface area contributed by atoms with Gasteiger partial charge in [0.2, 0.25) is 0 Å². The van der Waals surface area contributed by atoms with Gasteiger partial charge < -0.3 is 20.2 Å². The summed E-state index contributed by atoms with van der Waals surface area (Å²) in [5, 5.41) is 0. The fraction of sp³-hybridized carbons (Fsp3) is 0.105. The summed E-state index contributed by atoms with van der Waals surface area (Å²) in [4.78, 5) is 31.1. The average Bonchev–Trinajstić information content (AvgIpc) is 2.67. The lowest BCUT2D eigenvalue weighted by Crippen LogP contribution is -2.25. The second kappa shape index (κ2) is 7.10. The Kier molecular flexibility index (Phi) is 4.70. The molecule has 3 aromatic rings. The van der Waals surface area contributed by atoms with Gasteiger partial charge in [-0.2, -0.15) is 0 Å². The van der Waals surface area contributed by atoms with Crippen LogP contribution in [0, 0.1) is 0 Å². The largest absolute Gasteiger partial charge is 0.493 e. The van der Waals surface area contributed by atoms with Crippen LogP contribution in [0.25, 0.3) is 22.4 Å². The Hall–Kier alpha value is -3.61. The maximum atomic E-state index is 12.5. The van der Waals surface area contributed by atoms with Crippen molar-refractivity contribution in [1.29, 1.82) is 0 Å². The number of nitrogens with zero attached hydrogens (tertiary/aromatic N) is 1. The number of benzene rings is 1. The second-order valence-corrected chi connectivity index (χ2v) is 5.48. The van der Waals surface area contributed by atoms with Crippen LogP contribution in [0.4, 0.5) is 0 Å². The molecule has 0 aliphatic carbocycles. The van der Waals surface area contributed by atoms with Crippen molar-refractivity contribution in [2.75, 3.05) is 14.2 Å². The summed E-state index contributed by atoms with van der Waals surface area (Å²) in [7, 11) is 3.04. The number of nitrogens with one attached hydrogen (secondary N) is 1. The quantitative estimate of drug-likeness (QED) is 0.733. The van der Waals surface area contributed by atoms with E-state index in [4.69, 9.17) is 15.2 Å². The third kappa shape index (κ3) is 3.14. The van der Waals surface area contributed by atoms with Gasteiger partial charge >= 0.3 is 0 Å². The number of rotatable bonds is 5. The number of primary amides is 1. The minimum absolute atomic E-state index is 0.120. The molecule has 0 spiro atoms. The van der Waals surface area contributed by atoms with Gasteiger partial charge in [-0.3, -0.25) is 14.6 Å². The number of ether oxygens (including phenoxy) is 2. The summed E-state index contributed by atoms with van der Waals surface area (Å²) in [6.45, 7) is 0. The van der Waals surface area contributed by atoms with Gasteiger partial charge in [0.05, 0.1) is 19.9 Å². The second-order valence-electron chi connectivity index (χ2n) is 5.48. The maximum Gasteiger partial charge on any atom is 0.261 e. The van der Waals surface area contributed by atoms with E-state index in [2.05, 4.69) is 9.97 Å². The predicted molar refractivity (Wildman–Crippen MR) is 97.4 cm³/mol. The third-order valence-electron chi connectivity index (χ3n) is 3.95. The van der Waals surface area contributed by atoms with E-state index in [1.807, 2.05) is 0 Å². The molecule has 0 aliphatic heterocycles. The van der Waals surface area contributed by atoms with Crippen molar-refractivity contribution in [3.05, 3.63) is 64.7 Å². The van der Waals surface area contributed by atoms with Gasteiger partial charge in [0, 0.05) is 23.5 Å². The van der Waals surface area contributed by atoms with Crippen LogP contribution in [0.3, 0.4) is 0 Å². The average molecular weight is 351 g/mol. The number of H-pyrrole nitrogens is 1. The van der Waals surface area contributed by atoms with E-state index in [9.17, 15) is 9.59 Å². The van der Waals surface area contributed by atoms with E-state index >= 15 is 0 Å². The molecule has 0 aliphatic rings. The number of carbonyl (C=O) groups excluding carboxylic acids is 1. The number of carbonyl (C=O) groups is 1. The fourth-order valence-electron chi connectivity index (χ4n) is 2.71. The Morgan fingerprint density at radius 3 is 2.46 bits per heavy atom. The van der Waals surface area contributed by atoms with Gasteiger partial charge in [0.1, 0.15) is 5.56 Å². The molecule has 0 radical (unpaired) electrons. The number of hydrogen-bond donors (Lipinski definition) is 2. The van der Waals surface area contributed by atoms with E-state index in [1.54, 1.807) is 48.8 Å². The first kappa shape index (κ1) is 17.2. The smallest absolute Gasteiger partial charge is 0.261 e. The molecule has 0 saturated carbocycles. The molecule has 132 valence electrons. The molecule has 3 N–H and O–H groups in total. The first-order chi connectivity index (χ1) is 12.5. The molecule has 2 aromatic heterocycles. The summed E-state index contributed by atoms with van der Waals surface area (Å²) in [5.41, 5.74) is 7.00. The van der Waals surface area contributed by atoms with Crippen LogP contribution in [0.1, 0.15) is 10.4 Å². The lowest BCUT2D eigenvalue weighted by Gasteiger charge is -2.13. The maximum absolute atomic E-state index is 12.5. The standard InChI is InChI=1S/C19H17N3O4/c1-25-15-6-5-11(8-16(15)26-2)13-9-14(12-4-3-7-21-10-12)22-19(24)17(13)18(20)23/h3-10H,1-2H3,(H2,20,23)(H,22,24). The summed E-state index contributed by atoms with van der Waals surface area (Å²) in [5.74, 6) is 0.201. The number of nitrogens with two attached hydrogens (primary N) is 1. The van der Waals surface area contributed by atoms with Gasteiger partial charge in [-0.05, 0) is 35.9 Å². The van der Waals surface area contributed by atoms with Crippen molar-refractivity contribution < 1.29 is 14.3 Å². The molecule has 26 heavy (non-hydrogen) atoms. The topological polar surface area (TPSA) is 107 Å². The molecule has 1 aromatic carbocycles. The van der Waals surface area contributed by atoms with Crippen LogP contribution >= 0.6 is 0 Å². The zero-order valence-electron chi connectivity index (χ0n) is 14.3. The number of aromatic nitrogens is 2. The lowest BCUT2D eigenvalue weighted by atomic mass is 9.98. The number of methoxy groups -OCH3 is 2. The highest BCUT2D eigenvalue weighted by atomic mass is 16.5. The summed E-state index contributed by atoms with van der Waals surface area (Å²) in [6, 6.07) is 10.4. The molecule has 7 heteroatoms. The molecular formula is C19H17N3O4. The van der Waals surface area contributed by atoms with Crippen LogP contribution in [-0.4, -0.2) is 30.1 Å². The van der Waals surface area contributed by atoms with Crippen molar-refractivity contribution >= 4 is 5.91 Å². The minimum atomic E-state index is -0.811. The Bertz CT molecular complexity index is 1010. The van der Waals surface area contributed by atoms with E-state index in [0.29, 0.717) is 33.9 Å². The lowest BCUT2D eigenvalue weighted by molar-refractivity contribution is 0.0999. The SMILES string of the molecule is COc1ccc(-c2cc(-c3cccnc3)[nH]c(=O)c2C(N)=O)cc1OC. The van der Waals surface area contributed by atoms with Crippen molar-refractivity contribution in [2.24, 2.45) is 5.73 Å².